The summed E-state index contributed by atoms with van der Waals surface area (Å²) >= 11 is 3.20. The van der Waals surface area contributed by atoms with E-state index >= 15 is 0 Å². The summed E-state index contributed by atoms with van der Waals surface area (Å²) in [7, 11) is 0. The minimum Gasteiger partial charge on any atom is -0.397 e. The van der Waals surface area contributed by atoms with Crippen molar-refractivity contribution < 1.29 is 9.59 Å². The number of ketones is 1. The quantitative estimate of drug-likeness (QED) is 0.829. The maximum Gasteiger partial charge on any atom is 0.253 e. The highest BCUT2D eigenvalue weighted by Gasteiger charge is 2.32. The summed E-state index contributed by atoms with van der Waals surface area (Å²) in [5, 5.41) is 0.741. The SMILES string of the molecule is CCC(=O)c1sc(N2CCSC(C)(C)C2)c(C(N)=O)c1N. The molecular formula is C14H21N3O2S2. The van der Waals surface area contributed by atoms with E-state index in [1.165, 1.54) is 11.3 Å². The van der Waals surface area contributed by atoms with Gasteiger partial charge in [0.25, 0.3) is 5.91 Å². The van der Waals surface area contributed by atoms with Gasteiger partial charge in [-0.15, -0.1) is 11.3 Å². The second-order valence-corrected chi connectivity index (χ2v) is 8.50. The molecule has 2 rings (SSSR count). The van der Waals surface area contributed by atoms with Gasteiger partial charge in [0.1, 0.15) is 5.00 Å². The molecule has 0 saturated carbocycles. The van der Waals surface area contributed by atoms with Crippen molar-refractivity contribution in [2.45, 2.75) is 31.9 Å². The number of thiophene rings is 1. The lowest BCUT2D eigenvalue weighted by molar-refractivity contribution is 0.0991. The van der Waals surface area contributed by atoms with Crippen molar-refractivity contribution in [1.82, 2.24) is 0 Å². The monoisotopic (exact) mass is 327 g/mol. The first-order valence-corrected chi connectivity index (χ1v) is 8.71. The highest BCUT2D eigenvalue weighted by Crippen LogP contribution is 2.42. The third-order valence-electron chi connectivity index (χ3n) is 3.46. The zero-order chi connectivity index (χ0) is 15.8. The van der Waals surface area contributed by atoms with Crippen molar-refractivity contribution in [3.05, 3.63) is 10.4 Å². The van der Waals surface area contributed by atoms with Crippen LogP contribution in [0.25, 0.3) is 0 Å². The Morgan fingerprint density at radius 3 is 2.57 bits per heavy atom. The number of rotatable bonds is 4. The Labute approximate surface area is 133 Å². The van der Waals surface area contributed by atoms with Crippen LogP contribution in [0.4, 0.5) is 10.7 Å². The summed E-state index contributed by atoms with van der Waals surface area (Å²) in [6, 6.07) is 0. The highest BCUT2D eigenvalue weighted by atomic mass is 32.2. The number of hydrogen-bond donors (Lipinski definition) is 2. The largest absolute Gasteiger partial charge is 0.397 e. The molecule has 0 aliphatic carbocycles. The molecule has 0 aromatic carbocycles. The van der Waals surface area contributed by atoms with Gasteiger partial charge in [0.15, 0.2) is 5.78 Å². The van der Waals surface area contributed by atoms with Gasteiger partial charge in [-0.05, 0) is 13.8 Å². The molecule has 0 spiro atoms. The smallest absolute Gasteiger partial charge is 0.253 e. The topological polar surface area (TPSA) is 89.4 Å². The number of anilines is 2. The van der Waals surface area contributed by atoms with Crippen LogP contribution >= 0.6 is 23.1 Å². The fourth-order valence-corrected chi connectivity index (χ4v) is 4.82. The lowest BCUT2D eigenvalue weighted by atomic mass is 10.1. The predicted molar refractivity (Wildman–Crippen MR) is 90.6 cm³/mol. The molecule has 1 aromatic rings. The lowest BCUT2D eigenvalue weighted by Crippen LogP contribution is -2.43. The second-order valence-electron chi connectivity index (χ2n) is 5.70. The van der Waals surface area contributed by atoms with Crippen molar-refractivity contribution >= 4 is 45.5 Å². The van der Waals surface area contributed by atoms with Crippen LogP contribution in [0.1, 0.15) is 47.2 Å². The van der Waals surface area contributed by atoms with Crippen molar-refractivity contribution in [1.29, 1.82) is 0 Å². The van der Waals surface area contributed by atoms with Crippen molar-refractivity contribution in [3.63, 3.8) is 0 Å². The molecule has 1 aliphatic heterocycles. The van der Waals surface area contributed by atoms with Gasteiger partial charge in [-0.1, -0.05) is 6.92 Å². The van der Waals surface area contributed by atoms with Crippen LogP contribution in [0.15, 0.2) is 0 Å². The molecule has 1 amide bonds. The minimum atomic E-state index is -0.565. The molecule has 0 atom stereocenters. The number of thioether (sulfide) groups is 1. The van der Waals surface area contributed by atoms with E-state index in [1.807, 2.05) is 11.8 Å². The molecule has 4 N–H and O–H groups in total. The average molecular weight is 327 g/mol. The first kappa shape index (κ1) is 16.2. The van der Waals surface area contributed by atoms with Gasteiger partial charge in [0.05, 0.1) is 16.1 Å². The van der Waals surface area contributed by atoms with E-state index in [4.69, 9.17) is 11.5 Å². The van der Waals surface area contributed by atoms with E-state index in [9.17, 15) is 9.59 Å². The van der Waals surface area contributed by atoms with Gasteiger partial charge in [0.2, 0.25) is 0 Å². The Morgan fingerprint density at radius 2 is 2.05 bits per heavy atom. The van der Waals surface area contributed by atoms with Gasteiger partial charge in [0, 0.05) is 30.0 Å². The Balaban J connectivity index is 2.47. The molecule has 5 nitrogen and oxygen atoms in total. The van der Waals surface area contributed by atoms with Crippen molar-refractivity contribution in [3.8, 4) is 0 Å². The van der Waals surface area contributed by atoms with Crippen molar-refractivity contribution in [2.75, 3.05) is 29.5 Å². The molecule has 7 heteroatoms. The predicted octanol–water partition coefficient (Wildman–Crippen LogP) is 2.35. The average Bonchev–Trinajstić information content (AvgIpc) is 2.74. The number of primary amides is 1. The number of carbonyl (C=O) groups is 2. The summed E-state index contributed by atoms with van der Waals surface area (Å²) in [5.41, 5.74) is 12.0. The Hall–Kier alpha value is -1.21. The summed E-state index contributed by atoms with van der Waals surface area (Å²) < 4.78 is 0.0981. The fraction of sp³-hybridized carbons (Fsp3) is 0.571. The number of hydrogen-bond acceptors (Lipinski definition) is 6. The van der Waals surface area contributed by atoms with Gasteiger partial charge in [-0.25, -0.2) is 0 Å². The summed E-state index contributed by atoms with van der Waals surface area (Å²) in [6.45, 7) is 7.75. The third kappa shape index (κ3) is 3.18. The van der Waals surface area contributed by atoms with Crippen LogP contribution < -0.4 is 16.4 Å². The van der Waals surface area contributed by atoms with Crippen molar-refractivity contribution in [2.24, 2.45) is 5.73 Å². The summed E-state index contributed by atoms with van der Waals surface area (Å²) in [4.78, 5) is 26.3. The molecule has 1 fully saturated rings. The van der Waals surface area contributed by atoms with E-state index in [0.717, 1.165) is 23.8 Å². The number of amides is 1. The van der Waals surface area contributed by atoms with Crippen LogP contribution in [0.5, 0.6) is 0 Å². The van der Waals surface area contributed by atoms with E-state index < -0.39 is 5.91 Å². The summed E-state index contributed by atoms with van der Waals surface area (Å²) in [6.07, 6.45) is 0.365. The van der Waals surface area contributed by atoms with Crippen LogP contribution in [0.3, 0.4) is 0 Å². The zero-order valence-corrected chi connectivity index (χ0v) is 14.2. The molecule has 1 aromatic heterocycles. The first-order valence-electron chi connectivity index (χ1n) is 6.91. The van der Waals surface area contributed by atoms with Crippen LogP contribution in [0, 0.1) is 0 Å². The van der Waals surface area contributed by atoms with E-state index in [-0.39, 0.29) is 16.2 Å². The normalized spacial score (nSPS) is 17.8. The molecule has 0 unspecified atom stereocenters. The molecule has 1 saturated heterocycles. The van der Waals surface area contributed by atoms with E-state index in [1.54, 1.807) is 6.92 Å². The minimum absolute atomic E-state index is 0.0445. The Bertz CT molecular complexity index is 581. The van der Waals surface area contributed by atoms with E-state index in [0.29, 0.717) is 16.9 Å². The highest BCUT2D eigenvalue weighted by molar-refractivity contribution is 8.00. The van der Waals surface area contributed by atoms with E-state index in [2.05, 4.69) is 18.7 Å². The zero-order valence-electron chi connectivity index (χ0n) is 12.6. The molecule has 116 valence electrons. The molecule has 0 bridgehead atoms. The maximum absolute atomic E-state index is 12.0. The molecular weight excluding hydrogens is 306 g/mol. The van der Waals surface area contributed by atoms with Crippen LogP contribution in [-0.2, 0) is 0 Å². The third-order valence-corrected chi connectivity index (χ3v) is 6.06. The van der Waals surface area contributed by atoms with Gasteiger partial charge in [-0.2, -0.15) is 11.8 Å². The Morgan fingerprint density at radius 1 is 1.38 bits per heavy atom. The number of carbonyl (C=O) groups excluding carboxylic acids is 2. The molecule has 21 heavy (non-hydrogen) atoms. The van der Waals surface area contributed by atoms with Gasteiger partial charge in [-0.3, -0.25) is 9.59 Å². The lowest BCUT2D eigenvalue weighted by Gasteiger charge is -2.38. The standard InChI is InChI=1S/C14H21N3O2S2/c1-4-8(18)11-10(15)9(12(16)19)13(21-11)17-5-6-20-14(2,3)7-17/h4-7,15H2,1-3H3,(H2,16,19). The fourth-order valence-electron chi connectivity index (χ4n) is 2.45. The van der Waals surface area contributed by atoms with Gasteiger partial charge < -0.3 is 16.4 Å². The summed E-state index contributed by atoms with van der Waals surface area (Å²) in [5.74, 6) is 0.363. The maximum atomic E-state index is 12.0. The second kappa shape index (κ2) is 5.88. The number of nitrogen functional groups attached to an aromatic ring is 1. The van der Waals surface area contributed by atoms with Crippen LogP contribution in [0.2, 0.25) is 0 Å². The first-order chi connectivity index (χ1) is 9.76. The van der Waals surface area contributed by atoms with Gasteiger partial charge >= 0.3 is 0 Å². The molecule has 0 radical (unpaired) electrons. The number of nitrogens with zero attached hydrogens (tertiary/aromatic N) is 1. The van der Waals surface area contributed by atoms with Crippen LogP contribution in [-0.4, -0.2) is 35.3 Å². The number of Topliss-reactive ketones (excluding diaryl/α,β-unsaturated/α-hetero) is 1. The Kier molecular flexibility index (Phi) is 4.53. The molecule has 2 heterocycles. The number of nitrogens with two attached hydrogens (primary N) is 2. The molecule has 1 aliphatic rings.